The number of aromatic nitrogens is 2. The molecule has 0 spiro atoms. The molecule has 0 radical (unpaired) electrons. The number of alkyl halides is 3. The predicted octanol–water partition coefficient (Wildman–Crippen LogP) is 6.88. The van der Waals surface area contributed by atoms with Crippen LogP contribution < -0.4 is 16.0 Å². The largest absolute Gasteiger partial charge is 0.416 e. The van der Waals surface area contributed by atoms with Gasteiger partial charge in [0, 0.05) is 29.0 Å². The second-order valence-electron chi connectivity index (χ2n) is 8.40. The summed E-state index contributed by atoms with van der Waals surface area (Å²) < 4.78 is 39.3. The number of hydrogen-bond donors (Lipinski definition) is 3. The Hall–Kier alpha value is -4.18. The lowest BCUT2D eigenvalue weighted by atomic mass is 10.1. The highest BCUT2D eigenvalue weighted by Gasteiger charge is 2.30. The average molecular weight is 509 g/mol. The maximum atomic E-state index is 13.1. The number of fused-ring (bicyclic) bond motifs is 1. The maximum absolute atomic E-state index is 13.1. The molecule has 0 aliphatic rings. The SMILES string of the molecule is CCN(CC)Cc1ccc(NC(=O)Nc2ccc3ncnc(Nc4cccc(C(F)(F)F)c4)c3c2)cc1. The smallest absolute Gasteiger partial charge is 0.340 e. The van der Waals surface area contributed by atoms with E-state index < -0.39 is 17.8 Å². The van der Waals surface area contributed by atoms with Crippen LogP contribution in [0, 0.1) is 0 Å². The molecule has 192 valence electrons. The zero-order chi connectivity index (χ0) is 26.4. The summed E-state index contributed by atoms with van der Waals surface area (Å²) in [5.41, 5.74) is 2.32. The third-order valence-electron chi connectivity index (χ3n) is 5.86. The number of anilines is 4. The third-order valence-corrected chi connectivity index (χ3v) is 5.86. The van der Waals surface area contributed by atoms with Crippen LogP contribution in [0.3, 0.4) is 0 Å². The molecule has 7 nitrogen and oxygen atoms in total. The van der Waals surface area contributed by atoms with Gasteiger partial charge in [0.15, 0.2) is 0 Å². The van der Waals surface area contributed by atoms with Crippen LogP contribution in [-0.4, -0.2) is 34.0 Å². The fourth-order valence-corrected chi connectivity index (χ4v) is 3.84. The van der Waals surface area contributed by atoms with Crippen molar-refractivity contribution in [2.24, 2.45) is 0 Å². The summed E-state index contributed by atoms with van der Waals surface area (Å²) in [6, 6.07) is 17.1. The molecule has 4 rings (SSSR count). The van der Waals surface area contributed by atoms with E-state index in [1.54, 1.807) is 18.2 Å². The van der Waals surface area contributed by atoms with E-state index in [9.17, 15) is 18.0 Å². The molecule has 0 aliphatic heterocycles. The van der Waals surface area contributed by atoms with Crippen LogP contribution in [0.25, 0.3) is 10.9 Å². The number of nitrogens with one attached hydrogen (secondary N) is 3. The highest BCUT2D eigenvalue weighted by atomic mass is 19.4. The van der Waals surface area contributed by atoms with Crippen LogP contribution >= 0.6 is 0 Å². The number of carbonyl (C=O) groups is 1. The van der Waals surface area contributed by atoms with Crippen molar-refractivity contribution >= 4 is 39.8 Å². The van der Waals surface area contributed by atoms with Gasteiger partial charge in [0.05, 0.1) is 11.1 Å². The van der Waals surface area contributed by atoms with Gasteiger partial charge in [0.25, 0.3) is 0 Å². The quantitative estimate of drug-likeness (QED) is 0.242. The van der Waals surface area contributed by atoms with Crippen LogP contribution in [-0.2, 0) is 12.7 Å². The first-order valence-electron chi connectivity index (χ1n) is 11.8. The molecule has 0 bridgehead atoms. The van der Waals surface area contributed by atoms with Gasteiger partial charge < -0.3 is 16.0 Å². The molecule has 10 heteroatoms. The van der Waals surface area contributed by atoms with E-state index in [-0.39, 0.29) is 5.69 Å². The number of benzene rings is 3. The Kier molecular flexibility index (Phi) is 7.88. The summed E-state index contributed by atoms with van der Waals surface area (Å²) in [5.74, 6) is 0.317. The lowest BCUT2D eigenvalue weighted by Crippen LogP contribution is -2.22. The Bertz CT molecular complexity index is 1370. The van der Waals surface area contributed by atoms with Gasteiger partial charge >= 0.3 is 12.2 Å². The molecule has 1 heterocycles. The summed E-state index contributed by atoms with van der Waals surface area (Å²) >= 11 is 0. The zero-order valence-electron chi connectivity index (χ0n) is 20.4. The van der Waals surface area contributed by atoms with E-state index in [2.05, 4.69) is 44.7 Å². The monoisotopic (exact) mass is 508 g/mol. The molecule has 0 fully saturated rings. The summed E-state index contributed by atoms with van der Waals surface area (Å²) in [5, 5.41) is 9.05. The van der Waals surface area contributed by atoms with E-state index in [0.29, 0.717) is 28.1 Å². The first-order chi connectivity index (χ1) is 17.7. The summed E-state index contributed by atoms with van der Waals surface area (Å²) in [6.45, 7) is 7.01. The molecule has 0 atom stereocenters. The molecular weight excluding hydrogens is 481 g/mol. The molecule has 3 aromatic carbocycles. The second-order valence-corrected chi connectivity index (χ2v) is 8.40. The molecule has 0 saturated carbocycles. The molecule has 0 aliphatic carbocycles. The van der Waals surface area contributed by atoms with Crippen LogP contribution in [0.2, 0.25) is 0 Å². The van der Waals surface area contributed by atoms with E-state index >= 15 is 0 Å². The first kappa shape index (κ1) is 25.9. The minimum Gasteiger partial charge on any atom is -0.340 e. The van der Waals surface area contributed by atoms with Crippen molar-refractivity contribution in [1.29, 1.82) is 0 Å². The molecular formula is C27H27F3N6O. The van der Waals surface area contributed by atoms with Gasteiger partial charge in [-0.15, -0.1) is 0 Å². The van der Waals surface area contributed by atoms with E-state index in [1.807, 2.05) is 24.3 Å². The molecule has 0 unspecified atom stereocenters. The minimum atomic E-state index is -4.46. The number of amides is 2. The number of urea groups is 1. The normalized spacial score (nSPS) is 11.5. The Labute approximate surface area is 212 Å². The molecule has 4 aromatic rings. The van der Waals surface area contributed by atoms with Crippen molar-refractivity contribution < 1.29 is 18.0 Å². The van der Waals surface area contributed by atoms with Gasteiger partial charge in [-0.05, 0) is 67.2 Å². The topological polar surface area (TPSA) is 82.2 Å². The Morgan fingerprint density at radius 1 is 0.865 bits per heavy atom. The van der Waals surface area contributed by atoms with Crippen LogP contribution in [0.15, 0.2) is 73.1 Å². The minimum absolute atomic E-state index is 0.232. The van der Waals surface area contributed by atoms with Crippen LogP contribution in [0.1, 0.15) is 25.0 Å². The Morgan fingerprint density at radius 2 is 1.57 bits per heavy atom. The van der Waals surface area contributed by atoms with Gasteiger partial charge in [-0.2, -0.15) is 13.2 Å². The molecule has 37 heavy (non-hydrogen) atoms. The lowest BCUT2D eigenvalue weighted by molar-refractivity contribution is -0.137. The van der Waals surface area contributed by atoms with Gasteiger partial charge in [-0.3, -0.25) is 4.90 Å². The fourth-order valence-electron chi connectivity index (χ4n) is 3.84. The Balaban J connectivity index is 1.47. The predicted molar refractivity (Wildman–Crippen MR) is 140 cm³/mol. The molecule has 1 aromatic heterocycles. The van der Waals surface area contributed by atoms with Crippen molar-refractivity contribution in [3.63, 3.8) is 0 Å². The number of rotatable bonds is 8. The van der Waals surface area contributed by atoms with Crippen molar-refractivity contribution in [3.8, 4) is 0 Å². The van der Waals surface area contributed by atoms with Crippen LogP contribution in [0.4, 0.5) is 40.8 Å². The van der Waals surface area contributed by atoms with Gasteiger partial charge in [0.1, 0.15) is 12.1 Å². The number of halogens is 3. The highest BCUT2D eigenvalue weighted by Crippen LogP contribution is 2.32. The summed E-state index contributed by atoms with van der Waals surface area (Å²) in [6.07, 6.45) is -3.14. The van der Waals surface area contributed by atoms with Gasteiger partial charge in [0.2, 0.25) is 0 Å². The first-order valence-corrected chi connectivity index (χ1v) is 11.8. The number of carbonyl (C=O) groups excluding carboxylic acids is 1. The number of hydrogen-bond acceptors (Lipinski definition) is 5. The van der Waals surface area contributed by atoms with Crippen molar-refractivity contribution in [1.82, 2.24) is 14.9 Å². The van der Waals surface area contributed by atoms with Gasteiger partial charge in [-0.1, -0.05) is 32.0 Å². The van der Waals surface area contributed by atoms with Crippen LogP contribution in [0.5, 0.6) is 0 Å². The van der Waals surface area contributed by atoms with E-state index in [4.69, 9.17) is 0 Å². The number of nitrogens with zero attached hydrogens (tertiary/aromatic N) is 3. The zero-order valence-corrected chi connectivity index (χ0v) is 20.4. The second kappa shape index (κ2) is 11.3. The van der Waals surface area contributed by atoms with Crippen molar-refractivity contribution in [3.05, 3.63) is 84.2 Å². The fraction of sp³-hybridized carbons (Fsp3) is 0.222. The lowest BCUT2D eigenvalue weighted by Gasteiger charge is -2.18. The molecule has 3 N–H and O–H groups in total. The van der Waals surface area contributed by atoms with Crippen molar-refractivity contribution in [2.45, 2.75) is 26.6 Å². The standard InChI is InChI=1S/C27H27F3N6O/c1-3-36(4-2)16-18-8-10-20(11-9-18)34-26(37)35-22-12-13-24-23(15-22)25(32-17-31-24)33-21-7-5-6-19(14-21)27(28,29)30/h5-15,17H,3-4,16H2,1-2H3,(H,31,32,33)(H2,34,35,37). The van der Waals surface area contributed by atoms with E-state index in [0.717, 1.165) is 37.3 Å². The van der Waals surface area contributed by atoms with E-state index in [1.165, 1.54) is 18.5 Å². The molecule has 0 saturated heterocycles. The highest BCUT2D eigenvalue weighted by molar-refractivity contribution is 6.02. The van der Waals surface area contributed by atoms with Crippen molar-refractivity contribution in [2.75, 3.05) is 29.0 Å². The summed E-state index contributed by atoms with van der Waals surface area (Å²) in [7, 11) is 0. The van der Waals surface area contributed by atoms with Gasteiger partial charge in [-0.25, -0.2) is 14.8 Å². The Morgan fingerprint density at radius 3 is 2.27 bits per heavy atom. The molecule has 2 amide bonds. The average Bonchev–Trinajstić information content (AvgIpc) is 2.88. The summed E-state index contributed by atoms with van der Waals surface area (Å²) in [4.78, 5) is 23.3. The third kappa shape index (κ3) is 6.73. The maximum Gasteiger partial charge on any atom is 0.416 e.